The van der Waals surface area contributed by atoms with Crippen LogP contribution in [0.15, 0.2) is 17.2 Å². The van der Waals surface area contributed by atoms with Gasteiger partial charge in [0.25, 0.3) is 0 Å². The van der Waals surface area contributed by atoms with Gasteiger partial charge in [0, 0.05) is 44.6 Å². The minimum absolute atomic E-state index is 0.282. The fraction of sp³-hybridized carbons (Fsp3) is 0.667. The first-order chi connectivity index (χ1) is 8.94. The Labute approximate surface area is 114 Å². The molecule has 0 aliphatic heterocycles. The molecular weight excluding hydrogens is 264 g/mol. The highest BCUT2D eigenvalue weighted by molar-refractivity contribution is 7.89. The van der Waals surface area contributed by atoms with Gasteiger partial charge in [-0.1, -0.05) is 0 Å². The molecule has 1 aromatic heterocycles. The van der Waals surface area contributed by atoms with E-state index in [4.69, 9.17) is 5.73 Å². The van der Waals surface area contributed by atoms with E-state index in [9.17, 15) is 8.42 Å². The van der Waals surface area contributed by atoms with E-state index in [2.05, 4.69) is 9.62 Å². The molecule has 0 aromatic carbocycles. The molecule has 0 saturated heterocycles. The van der Waals surface area contributed by atoms with Gasteiger partial charge >= 0.3 is 0 Å². The van der Waals surface area contributed by atoms with Crippen molar-refractivity contribution in [1.29, 1.82) is 0 Å². The number of likely N-dealkylation sites (N-methyl/N-ethyl adjacent to an activating group) is 1. The monoisotopic (exact) mass is 286 g/mol. The molecule has 0 spiro atoms. The second kappa shape index (κ2) is 5.62. The van der Waals surface area contributed by atoms with Gasteiger partial charge in [-0.15, -0.1) is 0 Å². The molecule has 0 unspecified atom stereocenters. The van der Waals surface area contributed by atoms with E-state index in [1.54, 1.807) is 23.9 Å². The molecular formula is C12H22N4O2S. The third-order valence-electron chi connectivity index (χ3n) is 3.53. The maximum Gasteiger partial charge on any atom is 0.242 e. The van der Waals surface area contributed by atoms with E-state index in [0.717, 1.165) is 12.2 Å². The molecule has 7 heteroatoms. The molecule has 108 valence electrons. The van der Waals surface area contributed by atoms with Crippen LogP contribution in [0, 0.1) is 0 Å². The Balaban J connectivity index is 1.93. The van der Waals surface area contributed by atoms with Crippen LogP contribution in [0.25, 0.3) is 0 Å². The SMILES string of the molecule is CN(CCNS(=O)(=O)c1cc(CN)n(C)c1)C1CC1. The molecule has 1 aliphatic rings. The smallest absolute Gasteiger partial charge is 0.242 e. The fourth-order valence-corrected chi connectivity index (χ4v) is 3.18. The molecule has 1 aromatic rings. The lowest BCUT2D eigenvalue weighted by molar-refractivity contribution is 0.329. The maximum absolute atomic E-state index is 12.1. The van der Waals surface area contributed by atoms with Gasteiger partial charge in [-0.2, -0.15) is 0 Å². The number of nitrogens with one attached hydrogen (secondary N) is 1. The quantitative estimate of drug-likeness (QED) is 0.731. The molecule has 0 radical (unpaired) electrons. The Hall–Kier alpha value is -0.890. The molecule has 2 rings (SSSR count). The number of sulfonamides is 1. The van der Waals surface area contributed by atoms with E-state index in [-0.39, 0.29) is 4.90 Å². The van der Waals surface area contributed by atoms with E-state index in [1.165, 1.54) is 12.8 Å². The van der Waals surface area contributed by atoms with E-state index >= 15 is 0 Å². The van der Waals surface area contributed by atoms with Crippen molar-refractivity contribution < 1.29 is 8.42 Å². The van der Waals surface area contributed by atoms with E-state index < -0.39 is 10.0 Å². The number of hydrogen-bond donors (Lipinski definition) is 2. The van der Waals surface area contributed by atoms with Crippen LogP contribution in [0.2, 0.25) is 0 Å². The highest BCUT2D eigenvalue weighted by Crippen LogP contribution is 2.24. The first-order valence-electron chi connectivity index (χ1n) is 6.49. The summed E-state index contributed by atoms with van der Waals surface area (Å²) < 4.78 is 28.6. The van der Waals surface area contributed by atoms with Crippen LogP contribution in [-0.2, 0) is 23.6 Å². The van der Waals surface area contributed by atoms with Gasteiger partial charge in [-0.3, -0.25) is 0 Å². The summed E-state index contributed by atoms with van der Waals surface area (Å²) in [6.07, 6.45) is 4.04. The lowest BCUT2D eigenvalue weighted by Gasteiger charge is -2.15. The molecule has 1 saturated carbocycles. The van der Waals surface area contributed by atoms with Gasteiger partial charge in [0.05, 0.1) is 4.90 Å². The molecule has 1 heterocycles. The predicted molar refractivity (Wildman–Crippen MR) is 74.1 cm³/mol. The Bertz CT molecular complexity index is 534. The average Bonchev–Trinajstić information content (AvgIpc) is 3.12. The van der Waals surface area contributed by atoms with Crippen LogP contribution in [0.1, 0.15) is 18.5 Å². The van der Waals surface area contributed by atoms with Gasteiger partial charge in [0.2, 0.25) is 10.0 Å². The second-order valence-electron chi connectivity index (χ2n) is 5.09. The van der Waals surface area contributed by atoms with Crippen LogP contribution >= 0.6 is 0 Å². The number of rotatable bonds is 7. The van der Waals surface area contributed by atoms with Crippen molar-refractivity contribution in [3.8, 4) is 0 Å². The van der Waals surface area contributed by atoms with Crippen LogP contribution in [0.4, 0.5) is 0 Å². The summed E-state index contributed by atoms with van der Waals surface area (Å²) in [6.45, 7) is 1.50. The highest BCUT2D eigenvalue weighted by atomic mass is 32.2. The Kier molecular flexibility index (Phi) is 4.29. The summed E-state index contributed by atoms with van der Waals surface area (Å²) in [4.78, 5) is 2.48. The number of nitrogens with zero attached hydrogens (tertiary/aromatic N) is 2. The van der Waals surface area contributed by atoms with Crippen LogP contribution in [0.3, 0.4) is 0 Å². The topological polar surface area (TPSA) is 80.4 Å². The average molecular weight is 286 g/mol. The van der Waals surface area contributed by atoms with Gasteiger partial charge in [0.15, 0.2) is 0 Å². The number of hydrogen-bond acceptors (Lipinski definition) is 4. The van der Waals surface area contributed by atoms with Crippen LogP contribution in [0.5, 0.6) is 0 Å². The standard InChI is InChI=1S/C12H22N4O2S/c1-15(10-3-4-10)6-5-14-19(17,18)12-7-11(8-13)16(2)9-12/h7,9-10,14H,3-6,8,13H2,1-2H3. The zero-order valence-electron chi connectivity index (χ0n) is 11.5. The third kappa shape index (κ3) is 3.56. The molecule has 1 aliphatic carbocycles. The molecule has 3 N–H and O–H groups in total. The van der Waals surface area contributed by atoms with Crippen molar-refractivity contribution in [2.24, 2.45) is 12.8 Å². The number of nitrogens with two attached hydrogens (primary N) is 1. The van der Waals surface area contributed by atoms with Gasteiger partial charge in [-0.25, -0.2) is 13.1 Å². The summed E-state index contributed by atoms with van der Waals surface area (Å²) in [5.41, 5.74) is 6.35. The van der Waals surface area contributed by atoms with Crippen molar-refractivity contribution in [3.05, 3.63) is 18.0 Å². The largest absolute Gasteiger partial charge is 0.352 e. The summed E-state index contributed by atoms with van der Waals surface area (Å²) in [7, 11) is 0.396. The first kappa shape index (κ1) is 14.5. The second-order valence-corrected chi connectivity index (χ2v) is 6.86. The molecule has 0 atom stereocenters. The predicted octanol–water partition coefficient (Wildman–Crippen LogP) is -0.144. The first-order valence-corrected chi connectivity index (χ1v) is 7.97. The summed E-state index contributed by atoms with van der Waals surface area (Å²) in [5.74, 6) is 0. The Morgan fingerprint density at radius 2 is 2.21 bits per heavy atom. The molecule has 1 fully saturated rings. The van der Waals surface area contributed by atoms with Crippen molar-refractivity contribution >= 4 is 10.0 Å². The lowest BCUT2D eigenvalue weighted by Crippen LogP contribution is -2.33. The van der Waals surface area contributed by atoms with E-state index in [1.807, 2.05) is 7.05 Å². The van der Waals surface area contributed by atoms with Crippen molar-refractivity contribution in [3.63, 3.8) is 0 Å². The summed E-state index contributed by atoms with van der Waals surface area (Å²) in [6, 6.07) is 2.26. The van der Waals surface area contributed by atoms with Gasteiger partial charge < -0.3 is 15.2 Å². The fourth-order valence-electron chi connectivity index (χ4n) is 2.06. The summed E-state index contributed by atoms with van der Waals surface area (Å²) >= 11 is 0. The van der Waals surface area contributed by atoms with Gasteiger partial charge in [0.1, 0.15) is 0 Å². The normalized spacial score (nSPS) is 16.2. The zero-order chi connectivity index (χ0) is 14.0. The van der Waals surface area contributed by atoms with Crippen molar-refractivity contribution in [2.75, 3.05) is 20.1 Å². The molecule has 0 bridgehead atoms. The zero-order valence-corrected chi connectivity index (χ0v) is 12.3. The van der Waals surface area contributed by atoms with Crippen molar-refractivity contribution in [1.82, 2.24) is 14.2 Å². The van der Waals surface area contributed by atoms with Crippen LogP contribution in [-0.4, -0.2) is 44.1 Å². The lowest BCUT2D eigenvalue weighted by atomic mass is 10.4. The molecule has 0 amide bonds. The van der Waals surface area contributed by atoms with Crippen LogP contribution < -0.4 is 10.5 Å². The molecule has 19 heavy (non-hydrogen) atoms. The Morgan fingerprint density at radius 1 is 1.53 bits per heavy atom. The summed E-state index contributed by atoms with van der Waals surface area (Å²) in [5, 5.41) is 0. The minimum Gasteiger partial charge on any atom is -0.352 e. The minimum atomic E-state index is -3.43. The maximum atomic E-state index is 12.1. The van der Waals surface area contributed by atoms with E-state index in [0.29, 0.717) is 19.1 Å². The number of aryl methyl sites for hydroxylation is 1. The highest BCUT2D eigenvalue weighted by Gasteiger charge is 2.26. The molecule has 6 nitrogen and oxygen atoms in total. The van der Waals surface area contributed by atoms with Gasteiger partial charge in [-0.05, 0) is 26.0 Å². The third-order valence-corrected chi connectivity index (χ3v) is 4.96. The number of aromatic nitrogens is 1. The van der Waals surface area contributed by atoms with Crippen molar-refractivity contribution in [2.45, 2.75) is 30.3 Å². The Morgan fingerprint density at radius 3 is 2.74 bits per heavy atom.